The van der Waals surface area contributed by atoms with Crippen molar-refractivity contribution in [3.63, 3.8) is 0 Å². The summed E-state index contributed by atoms with van der Waals surface area (Å²) in [6, 6.07) is 7.93. The van der Waals surface area contributed by atoms with Crippen LogP contribution in [0.25, 0.3) is 0 Å². The Balaban J connectivity index is 2.13. The largest absolute Gasteiger partial charge is 0.387 e. The summed E-state index contributed by atoms with van der Waals surface area (Å²) in [6.07, 6.45) is 2.80. The van der Waals surface area contributed by atoms with Gasteiger partial charge in [-0.1, -0.05) is 38.1 Å². The van der Waals surface area contributed by atoms with Crippen LogP contribution >= 0.6 is 0 Å². The van der Waals surface area contributed by atoms with Crippen molar-refractivity contribution in [2.45, 2.75) is 45.9 Å². The normalized spacial score (nSPS) is 12.8. The van der Waals surface area contributed by atoms with E-state index in [1.807, 2.05) is 31.2 Å². The first kappa shape index (κ1) is 14.6. The molecule has 0 bridgehead atoms. The average molecular weight is 274 g/mol. The highest BCUT2D eigenvalue weighted by Crippen LogP contribution is 2.19. The Labute approximate surface area is 119 Å². The minimum absolute atomic E-state index is 0.0784. The maximum absolute atomic E-state index is 11.9. The van der Waals surface area contributed by atoms with Crippen molar-refractivity contribution in [1.82, 2.24) is 9.13 Å². The van der Waals surface area contributed by atoms with Gasteiger partial charge in [-0.3, -0.25) is 9.13 Å². The van der Waals surface area contributed by atoms with E-state index in [4.69, 9.17) is 0 Å². The van der Waals surface area contributed by atoms with Crippen LogP contribution in [0.5, 0.6) is 0 Å². The minimum atomic E-state index is -0.665. The summed E-state index contributed by atoms with van der Waals surface area (Å²) in [5.41, 5.74) is 2.01. The fourth-order valence-electron chi connectivity index (χ4n) is 2.23. The van der Waals surface area contributed by atoms with Gasteiger partial charge in [0.05, 0.1) is 12.6 Å². The second-order valence-corrected chi connectivity index (χ2v) is 5.36. The first-order valence-corrected chi connectivity index (χ1v) is 7.06. The smallest absolute Gasteiger partial charge is 0.328 e. The lowest BCUT2D eigenvalue weighted by Crippen LogP contribution is -2.25. The SMILES string of the molecule is CCn1ccn(CC(O)c2ccc(C(C)C)cc2)c1=O. The van der Waals surface area contributed by atoms with Crippen LogP contribution in [0.2, 0.25) is 0 Å². The Hall–Kier alpha value is -1.81. The molecule has 2 rings (SSSR count). The van der Waals surface area contributed by atoms with Crippen LogP contribution in [0.4, 0.5) is 0 Å². The standard InChI is InChI=1S/C16H22N2O2/c1-4-17-9-10-18(16(17)20)11-15(19)14-7-5-13(6-8-14)12(2)3/h5-10,12,15,19H,4,11H2,1-3H3. The molecule has 0 amide bonds. The van der Waals surface area contributed by atoms with E-state index in [1.165, 1.54) is 5.56 Å². The van der Waals surface area contributed by atoms with Gasteiger partial charge in [0.2, 0.25) is 0 Å². The second kappa shape index (κ2) is 6.09. The van der Waals surface area contributed by atoms with Crippen LogP contribution in [0.15, 0.2) is 41.5 Å². The topological polar surface area (TPSA) is 47.2 Å². The minimum Gasteiger partial charge on any atom is -0.387 e. The molecule has 0 aliphatic heterocycles. The third-order valence-electron chi connectivity index (χ3n) is 3.62. The zero-order valence-electron chi connectivity index (χ0n) is 12.3. The maximum atomic E-state index is 11.9. The number of hydrogen-bond acceptors (Lipinski definition) is 2. The van der Waals surface area contributed by atoms with Crippen molar-refractivity contribution in [1.29, 1.82) is 0 Å². The van der Waals surface area contributed by atoms with Crippen LogP contribution < -0.4 is 5.69 Å². The van der Waals surface area contributed by atoms with Crippen molar-refractivity contribution in [2.75, 3.05) is 0 Å². The average Bonchev–Trinajstić information content (AvgIpc) is 2.79. The highest BCUT2D eigenvalue weighted by molar-refractivity contribution is 5.26. The summed E-state index contributed by atoms with van der Waals surface area (Å²) in [5.74, 6) is 0.474. The summed E-state index contributed by atoms with van der Waals surface area (Å²) >= 11 is 0. The number of benzene rings is 1. The van der Waals surface area contributed by atoms with Gasteiger partial charge in [-0.2, -0.15) is 0 Å². The van der Waals surface area contributed by atoms with Gasteiger partial charge in [0.25, 0.3) is 0 Å². The molecule has 0 fully saturated rings. The molecule has 0 aliphatic rings. The fourth-order valence-corrected chi connectivity index (χ4v) is 2.23. The van der Waals surface area contributed by atoms with E-state index in [-0.39, 0.29) is 12.2 Å². The first-order chi connectivity index (χ1) is 9.52. The lowest BCUT2D eigenvalue weighted by atomic mass is 10.00. The number of aromatic nitrogens is 2. The van der Waals surface area contributed by atoms with Crippen LogP contribution in [0.3, 0.4) is 0 Å². The Morgan fingerprint density at radius 2 is 1.60 bits per heavy atom. The van der Waals surface area contributed by atoms with Crippen LogP contribution in [0, 0.1) is 0 Å². The van der Waals surface area contributed by atoms with E-state index in [0.29, 0.717) is 12.5 Å². The Morgan fingerprint density at radius 3 is 2.10 bits per heavy atom. The molecule has 2 aromatic rings. The predicted octanol–water partition coefficient (Wildman–Crippen LogP) is 2.53. The van der Waals surface area contributed by atoms with E-state index in [9.17, 15) is 9.90 Å². The van der Waals surface area contributed by atoms with Crippen LogP contribution in [-0.4, -0.2) is 14.2 Å². The van der Waals surface area contributed by atoms with Gasteiger partial charge in [-0.05, 0) is 24.0 Å². The first-order valence-electron chi connectivity index (χ1n) is 7.06. The second-order valence-electron chi connectivity index (χ2n) is 5.36. The molecule has 1 aromatic heterocycles. The fraction of sp³-hybridized carbons (Fsp3) is 0.438. The van der Waals surface area contributed by atoms with Crippen LogP contribution in [-0.2, 0) is 13.1 Å². The van der Waals surface area contributed by atoms with Crippen molar-refractivity contribution in [3.05, 3.63) is 58.3 Å². The van der Waals surface area contributed by atoms with Gasteiger partial charge in [-0.25, -0.2) is 4.79 Å². The van der Waals surface area contributed by atoms with Gasteiger partial charge >= 0.3 is 5.69 Å². The molecule has 1 aromatic carbocycles. The molecule has 1 N–H and O–H groups in total. The molecule has 0 saturated heterocycles. The number of rotatable bonds is 5. The zero-order chi connectivity index (χ0) is 14.7. The van der Waals surface area contributed by atoms with Crippen LogP contribution in [0.1, 0.15) is 43.9 Å². The van der Waals surface area contributed by atoms with Crippen molar-refractivity contribution >= 4 is 0 Å². The van der Waals surface area contributed by atoms with Crippen molar-refractivity contribution in [2.24, 2.45) is 0 Å². The summed E-state index contributed by atoms with van der Waals surface area (Å²) in [5, 5.41) is 10.2. The third kappa shape index (κ3) is 3.02. The molecular formula is C16H22N2O2. The third-order valence-corrected chi connectivity index (χ3v) is 3.62. The van der Waals surface area contributed by atoms with Crippen molar-refractivity contribution in [3.8, 4) is 0 Å². The molecular weight excluding hydrogens is 252 g/mol. The molecule has 1 unspecified atom stereocenters. The molecule has 20 heavy (non-hydrogen) atoms. The van der Waals surface area contributed by atoms with E-state index in [2.05, 4.69) is 13.8 Å². The number of aliphatic hydroxyl groups is 1. The van der Waals surface area contributed by atoms with Gasteiger partial charge in [-0.15, -0.1) is 0 Å². The van der Waals surface area contributed by atoms with E-state index < -0.39 is 6.10 Å². The number of nitrogens with zero attached hydrogens (tertiary/aromatic N) is 2. The van der Waals surface area contributed by atoms with Gasteiger partial charge in [0.15, 0.2) is 0 Å². The van der Waals surface area contributed by atoms with Gasteiger partial charge < -0.3 is 5.11 Å². The Morgan fingerprint density at radius 1 is 1.05 bits per heavy atom. The predicted molar refractivity (Wildman–Crippen MR) is 79.9 cm³/mol. The molecule has 0 spiro atoms. The number of hydrogen-bond donors (Lipinski definition) is 1. The van der Waals surface area contributed by atoms with Gasteiger partial charge in [0.1, 0.15) is 0 Å². The maximum Gasteiger partial charge on any atom is 0.328 e. The molecule has 4 heteroatoms. The van der Waals surface area contributed by atoms with Crippen molar-refractivity contribution < 1.29 is 5.11 Å². The summed E-state index contributed by atoms with van der Waals surface area (Å²) in [6.45, 7) is 7.13. The molecule has 1 atom stereocenters. The number of aryl methyl sites for hydroxylation is 1. The van der Waals surface area contributed by atoms with E-state index in [1.54, 1.807) is 21.5 Å². The van der Waals surface area contributed by atoms with E-state index >= 15 is 0 Å². The highest BCUT2D eigenvalue weighted by atomic mass is 16.3. The highest BCUT2D eigenvalue weighted by Gasteiger charge is 2.11. The quantitative estimate of drug-likeness (QED) is 0.910. The Kier molecular flexibility index (Phi) is 4.45. The molecule has 1 heterocycles. The number of imidazole rings is 1. The Bertz CT molecular complexity index is 608. The van der Waals surface area contributed by atoms with Gasteiger partial charge in [0, 0.05) is 18.9 Å². The molecule has 0 radical (unpaired) electrons. The zero-order valence-corrected chi connectivity index (χ0v) is 12.3. The summed E-state index contributed by atoms with van der Waals surface area (Å²) in [7, 11) is 0. The molecule has 0 saturated carbocycles. The lowest BCUT2D eigenvalue weighted by Gasteiger charge is -2.13. The summed E-state index contributed by atoms with van der Waals surface area (Å²) in [4.78, 5) is 11.9. The van der Waals surface area contributed by atoms with E-state index in [0.717, 1.165) is 5.56 Å². The molecule has 0 aliphatic carbocycles. The number of aliphatic hydroxyl groups excluding tert-OH is 1. The monoisotopic (exact) mass is 274 g/mol. The lowest BCUT2D eigenvalue weighted by molar-refractivity contribution is 0.155. The molecule has 4 nitrogen and oxygen atoms in total. The molecule has 108 valence electrons. The summed E-state index contributed by atoms with van der Waals surface area (Å²) < 4.78 is 3.17.